The standard InChI is InChI=1S/C59H96O10Si2/c1-14-15-16-17-18-19-20-30-37-51-50(63-43-61-8)41-40-49(66-51)48(60)38-39-52(64-44-62-9)54-56(69-71(12,13)58(5,6)7)55(68-70(10,11)57(2,3)4)53(67-54)42-65-59(45-31-24-21-25-32-45,46-33-26-22-27-34-46)47-35-28-23-29-36-47/h21-29,31-36,48-56,60H,14-20,30,37-44H2,1-13H3/t48-,49-,50+,51-,52-,53+,54+,55+,56+/m0/s1. The van der Waals surface area contributed by atoms with E-state index in [1.54, 1.807) is 14.2 Å². The largest absolute Gasteiger partial charge is 0.408 e. The minimum atomic E-state index is -2.48. The van der Waals surface area contributed by atoms with E-state index in [0.29, 0.717) is 19.3 Å². The highest BCUT2D eigenvalue weighted by molar-refractivity contribution is 6.74. The molecule has 1 N–H and O–H groups in total. The number of methoxy groups -OCH3 is 2. The van der Waals surface area contributed by atoms with Crippen molar-refractivity contribution in [1.82, 2.24) is 0 Å². The van der Waals surface area contributed by atoms with E-state index >= 15 is 0 Å². The number of aliphatic hydroxyl groups is 1. The number of hydrogen-bond acceptors (Lipinski definition) is 10. The number of rotatable bonds is 30. The van der Waals surface area contributed by atoms with E-state index in [1.807, 2.05) is 18.2 Å². The van der Waals surface area contributed by atoms with E-state index in [1.165, 1.54) is 44.9 Å². The number of aliphatic hydroxyl groups excluding tert-OH is 1. The van der Waals surface area contributed by atoms with Gasteiger partial charge in [0.25, 0.3) is 0 Å². The molecule has 0 radical (unpaired) electrons. The van der Waals surface area contributed by atoms with Gasteiger partial charge in [0.15, 0.2) is 16.6 Å². The maximum Gasteiger partial charge on any atom is 0.192 e. The molecule has 71 heavy (non-hydrogen) atoms. The van der Waals surface area contributed by atoms with Crippen molar-refractivity contribution in [3.05, 3.63) is 108 Å². The topological polar surface area (TPSA) is 103 Å². The maximum atomic E-state index is 12.1. The highest BCUT2D eigenvalue weighted by Gasteiger charge is 2.56. The maximum absolute atomic E-state index is 12.1. The van der Waals surface area contributed by atoms with E-state index in [0.717, 1.165) is 36.0 Å². The molecular weight excluding hydrogens is 925 g/mol. The van der Waals surface area contributed by atoms with Gasteiger partial charge in [-0.3, -0.25) is 0 Å². The molecule has 12 heteroatoms. The van der Waals surface area contributed by atoms with Crippen molar-refractivity contribution >= 4 is 16.6 Å². The summed E-state index contributed by atoms with van der Waals surface area (Å²) in [6.45, 7) is 25.6. The van der Waals surface area contributed by atoms with Gasteiger partial charge in [0.1, 0.15) is 43.6 Å². The molecule has 0 aromatic heterocycles. The predicted octanol–water partition coefficient (Wildman–Crippen LogP) is 13.7. The Morgan fingerprint density at radius 1 is 0.606 bits per heavy atom. The summed E-state index contributed by atoms with van der Waals surface area (Å²) in [5.74, 6) is 0. The van der Waals surface area contributed by atoms with Crippen molar-refractivity contribution in [1.29, 1.82) is 0 Å². The zero-order chi connectivity index (χ0) is 51.7. The van der Waals surface area contributed by atoms with Crippen LogP contribution in [0, 0.1) is 0 Å². The van der Waals surface area contributed by atoms with Gasteiger partial charge in [-0.15, -0.1) is 0 Å². The minimum absolute atomic E-state index is 0.0562. The monoisotopic (exact) mass is 1020 g/mol. The number of unbranched alkanes of at least 4 members (excludes halogenated alkanes) is 7. The van der Waals surface area contributed by atoms with Gasteiger partial charge in [-0.25, -0.2) is 0 Å². The molecule has 400 valence electrons. The fourth-order valence-electron chi connectivity index (χ4n) is 9.75. The molecule has 3 aromatic rings. The van der Waals surface area contributed by atoms with E-state index in [-0.39, 0.29) is 48.6 Å². The lowest BCUT2D eigenvalue weighted by molar-refractivity contribution is -0.194. The van der Waals surface area contributed by atoms with Gasteiger partial charge in [-0.05, 0) is 85.1 Å². The van der Waals surface area contributed by atoms with Crippen molar-refractivity contribution in [2.45, 2.75) is 229 Å². The van der Waals surface area contributed by atoms with Crippen LogP contribution in [0.2, 0.25) is 36.3 Å². The molecule has 2 aliphatic heterocycles. The summed E-state index contributed by atoms with van der Waals surface area (Å²) in [5.41, 5.74) is 2.07. The van der Waals surface area contributed by atoms with Crippen molar-refractivity contribution in [3.8, 4) is 0 Å². The fourth-order valence-corrected chi connectivity index (χ4v) is 12.4. The van der Waals surface area contributed by atoms with Gasteiger partial charge in [-0.2, -0.15) is 0 Å². The quantitative estimate of drug-likeness (QED) is 0.0300. The van der Waals surface area contributed by atoms with Crippen LogP contribution in [0.3, 0.4) is 0 Å². The first-order chi connectivity index (χ1) is 33.8. The van der Waals surface area contributed by atoms with Crippen LogP contribution in [0.5, 0.6) is 0 Å². The third-order valence-electron chi connectivity index (χ3n) is 16.0. The molecule has 2 aliphatic rings. The average Bonchev–Trinajstić information content (AvgIpc) is 3.66. The summed E-state index contributed by atoms with van der Waals surface area (Å²) >= 11 is 0. The van der Waals surface area contributed by atoms with Crippen molar-refractivity contribution < 1.29 is 47.1 Å². The molecule has 2 fully saturated rings. The second-order valence-corrected chi connectivity index (χ2v) is 32.8. The minimum Gasteiger partial charge on any atom is -0.408 e. The van der Waals surface area contributed by atoms with Crippen molar-refractivity contribution in [3.63, 3.8) is 0 Å². The first kappa shape index (κ1) is 59.6. The molecule has 0 bridgehead atoms. The molecule has 0 spiro atoms. The van der Waals surface area contributed by atoms with E-state index in [4.69, 9.17) is 42.0 Å². The van der Waals surface area contributed by atoms with Crippen LogP contribution in [0.4, 0.5) is 0 Å². The molecule has 3 aromatic carbocycles. The third kappa shape index (κ3) is 16.3. The van der Waals surface area contributed by atoms with Crippen LogP contribution in [0.15, 0.2) is 91.0 Å². The molecule has 2 saturated heterocycles. The van der Waals surface area contributed by atoms with Gasteiger partial charge in [-0.1, -0.05) is 191 Å². The number of ether oxygens (including phenoxy) is 7. The van der Waals surface area contributed by atoms with Crippen molar-refractivity contribution in [2.75, 3.05) is 34.4 Å². The SMILES string of the molecule is CCCCCCCCCC[C@@H]1O[C@H]([C@@H](O)CC[C@H](OCOC)[C@H]2O[C@H](COC(c3ccccc3)(c3ccccc3)c3ccccc3)[C@@H](O[Si](C)(C)C(C)(C)C)[C@@H]2O[Si](C)(C)C(C)(C)C)CC[C@H]1OCOC. The molecule has 9 atom stereocenters. The van der Waals surface area contributed by atoms with Crippen LogP contribution in [0.1, 0.15) is 149 Å². The lowest BCUT2D eigenvalue weighted by atomic mass is 9.80. The molecule has 0 aliphatic carbocycles. The summed E-state index contributed by atoms with van der Waals surface area (Å²) in [5, 5.41) is 11.9. The lowest BCUT2D eigenvalue weighted by Gasteiger charge is -2.45. The van der Waals surface area contributed by atoms with E-state index in [9.17, 15) is 5.11 Å². The number of benzene rings is 3. The van der Waals surface area contributed by atoms with Gasteiger partial charge < -0.3 is 47.1 Å². The van der Waals surface area contributed by atoms with Crippen LogP contribution in [-0.4, -0.2) is 111 Å². The van der Waals surface area contributed by atoms with Crippen LogP contribution in [0.25, 0.3) is 0 Å². The second kappa shape index (κ2) is 28.0. The molecule has 2 heterocycles. The summed E-state index contributed by atoms with van der Waals surface area (Å²) in [4.78, 5) is 0. The summed E-state index contributed by atoms with van der Waals surface area (Å²) in [7, 11) is -1.65. The third-order valence-corrected chi connectivity index (χ3v) is 25.0. The highest BCUT2D eigenvalue weighted by Crippen LogP contribution is 2.47. The normalized spacial score (nSPS) is 23.5. The van der Waals surface area contributed by atoms with E-state index in [2.05, 4.69) is 147 Å². The van der Waals surface area contributed by atoms with Crippen LogP contribution >= 0.6 is 0 Å². The first-order valence-electron chi connectivity index (χ1n) is 27.2. The Hall–Kier alpha value is -2.31. The van der Waals surface area contributed by atoms with Crippen LogP contribution in [-0.2, 0) is 47.6 Å². The Bertz CT molecular complexity index is 1810. The molecular formula is C59H96O10Si2. The number of hydrogen-bond donors (Lipinski definition) is 1. The molecule has 0 amide bonds. The molecule has 0 saturated carbocycles. The Labute approximate surface area is 432 Å². The van der Waals surface area contributed by atoms with Gasteiger partial charge >= 0.3 is 0 Å². The zero-order valence-corrected chi connectivity index (χ0v) is 48.3. The first-order valence-corrected chi connectivity index (χ1v) is 33.0. The molecule has 5 rings (SSSR count). The Kier molecular flexibility index (Phi) is 23.5. The Morgan fingerprint density at radius 3 is 1.59 bits per heavy atom. The second-order valence-electron chi connectivity index (χ2n) is 23.3. The summed E-state index contributed by atoms with van der Waals surface area (Å²) in [6.07, 6.45) is 9.45. The lowest BCUT2D eigenvalue weighted by Crippen LogP contribution is -2.56. The Balaban J connectivity index is 1.48. The van der Waals surface area contributed by atoms with Gasteiger partial charge in [0.2, 0.25) is 0 Å². The molecule has 10 nitrogen and oxygen atoms in total. The van der Waals surface area contributed by atoms with Gasteiger partial charge in [0.05, 0.1) is 37.1 Å². The fraction of sp³-hybridized carbons (Fsp3) is 0.695. The summed E-state index contributed by atoms with van der Waals surface area (Å²) < 4.78 is 60.8. The van der Waals surface area contributed by atoms with Gasteiger partial charge in [0, 0.05) is 14.2 Å². The highest BCUT2D eigenvalue weighted by atomic mass is 28.4. The summed E-state index contributed by atoms with van der Waals surface area (Å²) in [6, 6.07) is 31.4. The Morgan fingerprint density at radius 2 is 1.10 bits per heavy atom. The van der Waals surface area contributed by atoms with Crippen LogP contribution < -0.4 is 0 Å². The predicted molar refractivity (Wildman–Crippen MR) is 292 cm³/mol. The van der Waals surface area contributed by atoms with E-state index < -0.39 is 58.9 Å². The zero-order valence-electron chi connectivity index (χ0n) is 46.3. The molecule has 0 unspecified atom stereocenters. The van der Waals surface area contributed by atoms with Crippen molar-refractivity contribution in [2.24, 2.45) is 0 Å². The average molecular weight is 1020 g/mol. The smallest absolute Gasteiger partial charge is 0.192 e.